The monoisotopic (exact) mass is 348 g/mol. The molecule has 0 aliphatic heterocycles. The summed E-state index contributed by atoms with van der Waals surface area (Å²) in [6.45, 7) is 2.58. The van der Waals surface area contributed by atoms with Gasteiger partial charge in [-0.2, -0.15) is 0 Å². The maximum atomic E-state index is 11.6. The zero-order chi connectivity index (χ0) is 17.7. The predicted molar refractivity (Wildman–Crippen MR) is 98.2 cm³/mol. The number of fused-ring (bicyclic) bond motifs is 5. The van der Waals surface area contributed by atoms with Crippen LogP contribution < -0.4 is 0 Å². The molecule has 7 atom stereocenters. The SMILES string of the molecule is CC12CCCCC1CCC1C2CCC2(O)C(CCCC(=O)O)CCC12. The van der Waals surface area contributed by atoms with Gasteiger partial charge >= 0.3 is 5.97 Å². The number of rotatable bonds is 4. The Labute approximate surface area is 152 Å². The summed E-state index contributed by atoms with van der Waals surface area (Å²) in [6.07, 6.45) is 14.7. The Kier molecular flexibility index (Phi) is 4.67. The van der Waals surface area contributed by atoms with Gasteiger partial charge in [0.15, 0.2) is 0 Å². The topological polar surface area (TPSA) is 57.5 Å². The van der Waals surface area contributed by atoms with Crippen LogP contribution in [0.5, 0.6) is 0 Å². The van der Waals surface area contributed by atoms with Gasteiger partial charge in [-0.3, -0.25) is 4.79 Å². The Hall–Kier alpha value is -0.570. The molecule has 4 rings (SSSR count). The van der Waals surface area contributed by atoms with Crippen LogP contribution in [-0.2, 0) is 4.79 Å². The molecule has 2 N–H and O–H groups in total. The standard InChI is InChI=1S/C22H36O3/c1-21-13-3-2-5-15(21)8-10-17-18(21)12-14-22(25)16(9-11-19(17)22)6-4-7-20(23)24/h15-19,25H,2-14H2,1H3,(H,23,24). The van der Waals surface area contributed by atoms with Gasteiger partial charge < -0.3 is 10.2 Å². The molecule has 7 unspecified atom stereocenters. The molecule has 4 fully saturated rings. The number of hydrogen-bond donors (Lipinski definition) is 2. The lowest BCUT2D eigenvalue weighted by Gasteiger charge is -2.60. The molecule has 3 nitrogen and oxygen atoms in total. The highest BCUT2D eigenvalue weighted by molar-refractivity contribution is 5.66. The minimum atomic E-state index is -0.700. The Morgan fingerprint density at radius 1 is 1.00 bits per heavy atom. The van der Waals surface area contributed by atoms with Crippen LogP contribution in [0.25, 0.3) is 0 Å². The van der Waals surface area contributed by atoms with Crippen molar-refractivity contribution in [3.05, 3.63) is 0 Å². The van der Waals surface area contributed by atoms with E-state index in [1.54, 1.807) is 0 Å². The Morgan fingerprint density at radius 3 is 2.64 bits per heavy atom. The molecule has 0 radical (unpaired) electrons. The van der Waals surface area contributed by atoms with Crippen LogP contribution >= 0.6 is 0 Å². The van der Waals surface area contributed by atoms with E-state index < -0.39 is 11.6 Å². The molecular weight excluding hydrogens is 312 g/mol. The summed E-state index contributed by atoms with van der Waals surface area (Å²) in [5.74, 6) is 2.61. The fourth-order valence-corrected chi connectivity index (χ4v) is 7.94. The number of aliphatic hydroxyl groups is 1. The van der Waals surface area contributed by atoms with E-state index in [1.807, 2.05) is 0 Å². The zero-order valence-corrected chi connectivity index (χ0v) is 15.9. The second-order valence-electron chi connectivity index (χ2n) is 9.99. The predicted octanol–water partition coefficient (Wildman–Crippen LogP) is 5.02. The molecule has 0 amide bonds. The van der Waals surface area contributed by atoms with E-state index >= 15 is 0 Å². The lowest BCUT2D eigenvalue weighted by atomic mass is 9.46. The number of hydrogen-bond acceptors (Lipinski definition) is 2. The number of carboxylic acids is 1. The lowest BCUT2D eigenvalue weighted by molar-refractivity contribution is -0.156. The summed E-state index contributed by atoms with van der Waals surface area (Å²) in [6, 6.07) is 0. The molecule has 4 aliphatic carbocycles. The number of carbonyl (C=O) groups is 1. The molecule has 4 aliphatic rings. The van der Waals surface area contributed by atoms with Crippen molar-refractivity contribution in [1.29, 1.82) is 0 Å². The maximum absolute atomic E-state index is 11.6. The molecular formula is C22H36O3. The highest BCUT2D eigenvalue weighted by Crippen LogP contribution is 2.65. The first-order valence-electron chi connectivity index (χ1n) is 10.9. The van der Waals surface area contributed by atoms with Gasteiger partial charge in [-0.15, -0.1) is 0 Å². The quantitative estimate of drug-likeness (QED) is 0.750. The largest absolute Gasteiger partial charge is 0.481 e. The van der Waals surface area contributed by atoms with E-state index in [-0.39, 0.29) is 6.42 Å². The van der Waals surface area contributed by atoms with E-state index in [1.165, 1.54) is 51.4 Å². The van der Waals surface area contributed by atoms with Crippen LogP contribution in [0.4, 0.5) is 0 Å². The van der Waals surface area contributed by atoms with E-state index in [0.717, 1.165) is 43.4 Å². The third-order valence-corrected chi connectivity index (χ3v) is 9.15. The van der Waals surface area contributed by atoms with Crippen molar-refractivity contribution < 1.29 is 15.0 Å². The van der Waals surface area contributed by atoms with Gasteiger partial charge in [-0.1, -0.05) is 19.8 Å². The molecule has 0 bridgehead atoms. The Morgan fingerprint density at radius 2 is 1.84 bits per heavy atom. The minimum Gasteiger partial charge on any atom is -0.481 e. The molecule has 0 saturated heterocycles. The molecule has 142 valence electrons. The average molecular weight is 349 g/mol. The average Bonchev–Trinajstić information content (AvgIpc) is 2.91. The first-order valence-corrected chi connectivity index (χ1v) is 10.9. The Bertz CT molecular complexity index is 517. The van der Waals surface area contributed by atoms with Crippen molar-refractivity contribution in [2.24, 2.45) is 35.0 Å². The van der Waals surface area contributed by atoms with Crippen molar-refractivity contribution >= 4 is 5.97 Å². The second kappa shape index (κ2) is 6.55. The lowest BCUT2D eigenvalue weighted by Crippen LogP contribution is -2.56. The fourth-order valence-electron chi connectivity index (χ4n) is 7.94. The summed E-state index contributed by atoms with van der Waals surface area (Å²) in [5.41, 5.74) is 0.0431. The molecule has 0 aromatic rings. The molecule has 3 heteroatoms. The summed E-state index contributed by atoms with van der Waals surface area (Å²) in [5, 5.41) is 20.5. The van der Waals surface area contributed by atoms with E-state index in [4.69, 9.17) is 5.11 Å². The minimum absolute atomic E-state index is 0.253. The summed E-state index contributed by atoms with van der Waals surface area (Å²) < 4.78 is 0. The van der Waals surface area contributed by atoms with Crippen molar-refractivity contribution in [3.63, 3.8) is 0 Å². The van der Waals surface area contributed by atoms with Gasteiger partial charge in [-0.05, 0) is 99.2 Å². The van der Waals surface area contributed by atoms with E-state index in [9.17, 15) is 9.90 Å². The molecule has 0 aromatic carbocycles. The third kappa shape index (κ3) is 2.85. The van der Waals surface area contributed by atoms with Gasteiger partial charge in [0.25, 0.3) is 0 Å². The second-order valence-corrected chi connectivity index (χ2v) is 9.99. The van der Waals surface area contributed by atoms with Crippen LogP contribution in [0.2, 0.25) is 0 Å². The van der Waals surface area contributed by atoms with Crippen molar-refractivity contribution in [1.82, 2.24) is 0 Å². The molecule has 25 heavy (non-hydrogen) atoms. The van der Waals surface area contributed by atoms with Crippen LogP contribution in [0.15, 0.2) is 0 Å². The van der Waals surface area contributed by atoms with Crippen molar-refractivity contribution in [2.45, 2.75) is 96.0 Å². The molecule has 0 spiro atoms. The zero-order valence-electron chi connectivity index (χ0n) is 15.9. The molecule has 0 aromatic heterocycles. The fraction of sp³-hybridized carbons (Fsp3) is 0.955. The first kappa shape index (κ1) is 17.8. The Balaban J connectivity index is 1.48. The highest BCUT2D eigenvalue weighted by atomic mass is 16.4. The van der Waals surface area contributed by atoms with E-state index in [2.05, 4.69) is 6.92 Å². The van der Waals surface area contributed by atoms with E-state index in [0.29, 0.717) is 17.3 Å². The molecule has 0 heterocycles. The van der Waals surface area contributed by atoms with Crippen LogP contribution in [0.3, 0.4) is 0 Å². The van der Waals surface area contributed by atoms with Gasteiger partial charge in [0.1, 0.15) is 0 Å². The van der Waals surface area contributed by atoms with Gasteiger partial charge in [0.2, 0.25) is 0 Å². The summed E-state index contributed by atoms with van der Waals surface area (Å²) in [4.78, 5) is 10.8. The van der Waals surface area contributed by atoms with Crippen molar-refractivity contribution in [2.75, 3.05) is 0 Å². The van der Waals surface area contributed by atoms with Gasteiger partial charge in [-0.25, -0.2) is 0 Å². The van der Waals surface area contributed by atoms with Crippen LogP contribution in [0.1, 0.15) is 90.4 Å². The third-order valence-electron chi connectivity index (χ3n) is 9.15. The van der Waals surface area contributed by atoms with Crippen molar-refractivity contribution in [3.8, 4) is 0 Å². The maximum Gasteiger partial charge on any atom is 0.303 e. The summed E-state index contributed by atoms with van der Waals surface area (Å²) in [7, 11) is 0. The molecule has 4 saturated carbocycles. The normalized spacial score (nSPS) is 49.1. The number of aliphatic carboxylic acids is 1. The van der Waals surface area contributed by atoms with Crippen LogP contribution in [-0.4, -0.2) is 21.8 Å². The smallest absolute Gasteiger partial charge is 0.303 e. The first-order chi connectivity index (χ1) is 11.9. The van der Waals surface area contributed by atoms with Crippen LogP contribution in [0, 0.1) is 35.0 Å². The summed E-state index contributed by atoms with van der Waals surface area (Å²) >= 11 is 0. The van der Waals surface area contributed by atoms with Gasteiger partial charge in [0, 0.05) is 6.42 Å². The highest BCUT2D eigenvalue weighted by Gasteiger charge is 2.60. The number of carboxylic acid groups (broad SMARTS) is 1. The van der Waals surface area contributed by atoms with Gasteiger partial charge in [0.05, 0.1) is 5.60 Å².